The second kappa shape index (κ2) is 23.0. The van der Waals surface area contributed by atoms with Crippen LogP contribution in [0.1, 0.15) is 79.0 Å². The minimum Gasteiger partial charge on any atom is -0.468 e. The van der Waals surface area contributed by atoms with Gasteiger partial charge in [0, 0.05) is 30.6 Å². The maximum Gasteiger partial charge on any atom is 0.325 e. The first kappa shape index (κ1) is 58.1. The standard InChI is InChI=1S/C55H86N8O7Si3/c1-53(2,3)71(11,12)68-35-41-44(57-51(65)48-46(59-60-56)43(37-70-73(15,16)55(7,8)9)62(48)33-39-28-22-18-23-29-39)47(61(41)32-38-26-20-17-21-27-38)50(64)58-45-42(36-69-72(13,14)54(4,5)6)63(49(45)52(66)67-10)34-40-30-24-19-25-31-40/h17-31,41-49H,32-37H2,1-16H3,(H,57,65)(H,58,64). The number of carbonyl (C=O) groups excluding carboxylic acids is 3. The Labute approximate surface area is 439 Å². The van der Waals surface area contributed by atoms with E-state index in [0.717, 1.165) is 16.7 Å². The summed E-state index contributed by atoms with van der Waals surface area (Å²) in [6.45, 7) is 35.0. The maximum absolute atomic E-state index is 15.6. The van der Waals surface area contributed by atoms with Crippen molar-refractivity contribution in [1.29, 1.82) is 0 Å². The first-order valence-electron chi connectivity index (χ1n) is 26.1. The number of nitrogens with one attached hydrogen (secondary N) is 2. The molecule has 3 aromatic rings. The van der Waals surface area contributed by atoms with Gasteiger partial charge in [-0.05, 0) is 76.6 Å². The summed E-state index contributed by atoms with van der Waals surface area (Å²) in [7, 11) is -5.51. The fourth-order valence-electron chi connectivity index (χ4n) is 9.39. The Morgan fingerprint density at radius 2 is 0.849 bits per heavy atom. The van der Waals surface area contributed by atoms with Gasteiger partial charge in [0.15, 0.2) is 25.0 Å². The second-order valence-electron chi connectivity index (χ2n) is 25.0. The molecular formula is C55H86N8O7Si3. The normalized spacial score (nSPS) is 25.3. The lowest BCUT2D eigenvalue weighted by Crippen LogP contribution is -2.82. The van der Waals surface area contributed by atoms with Gasteiger partial charge in [-0.1, -0.05) is 158 Å². The summed E-state index contributed by atoms with van der Waals surface area (Å²) in [6.07, 6.45) is 0. The Morgan fingerprint density at radius 3 is 1.19 bits per heavy atom. The average Bonchev–Trinajstić information content (AvgIpc) is 3.30. The zero-order valence-corrected chi connectivity index (χ0v) is 49.6. The molecule has 3 saturated heterocycles. The predicted molar refractivity (Wildman–Crippen MR) is 297 cm³/mol. The molecule has 2 amide bonds. The number of hydrogen-bond donors (Lipinski definition) is 2. The van der Waals surface area contributed by atoms with Gasteiger partial charge in [0.25, 0.3) is 0 Å². The highest BCUT2D eigenvalue weighted by Crippen LogP contribution is 2.42. The van der Waals surface area contributed by atoms with Crippen molar-refractivity contribution in [3.8, 4) is 0 Å². The van der Waals surface area contributed by atoms with Gasteiger partial charge in [0.2, 0.25) is 11.8 Å². The highest BCUT2D eigenvalue weighted by Gasteiger charge is 2.60. The van der Waals surface area contributed by atoms with Crippen LogP contribution in [-0.4, -0.2) is 139 Å². The third kappa shape index (κ3) is 13.1. The van der Waals surface area contributed by atoms with Crippen LogP contribution in [0, 0.1) is 0 Å². The van der Waals surface area contributed by atoms with Crippen LogP contribution in [0.15, 0.2) is 96.1 Å². The molecule has 0 aromatic heterocycles. The molecule has 6 rings (SSSR count). The smallest absolute Gasteiger partial charge is 0.325 e. The predicted octanol–water partition coefficient (Wildman–Crippen LogP) is 9.63. The van der Waals surface area contributed by atoms with Crippen LogP contribution in [-0.2, 0) is 52.0 Å². The van der Waals surface area contributed by atoms with Crippen molar-refractivity contribution in [2.45, 2.75) is 191 Å². The molecule has 3 aliphatic rings. The molecule has 0 aliphatic carbocycles. The number of methoxy groups -OCH3 is 1. The van der Waals surface area contributed by atoms with E-state index in [-0.39, 0.29) is 45.6 Å². The van der Waals surface area contributed by atoms with E-state index in [4.69, 9.17) is 18.0 Å². The summed E-state index contributed by atoms with van der Waals surface area (Å²) >= 11 is 0. The molecule has 3 aromatic carbocycles. The van der Waals surface area contributed by atoms with Crippen LogP contribution >= 0.6 is 0 Å². The summed E-state index contributed by atoms with van der Waals surface area (Å²) in [5.74, 6) is -1.13. The lowest BCUT2D eigenvalue weighted by Gasteiger charge is -2.58. The van der Waals surface area contributed by atoms with Gasteiger partial charge in [-0.15, -0.1) is 0 Å². The summed E-state index contributed by atoms with van der Waals surface area (Å²) in [4.78, 5) is 54.4. The molecular weight excluding hydrogens is 969 g/mol. The van der Waals surface area contributed by atoms with Crippen molar-refractivity contribution in [2.24, 2.45) is 5.11 Å². The molecule has 15 nitrogen and oxygen atoms in total. The molecule has 9 unspecified atom stereocenters. The lowest BCUT2D eigenvalue weighted by molar-refractivity contribution is -0.166. The molecule has 3 aliphatic heterocycles. The van der Waals surface area contributed by atoms with E-state index in [2.05, 4.69) is 137 Å². The highest BCUT2D eigenvalue weighted by molar-refractivity contribution is 6.74. The van der Waals surface area contributed by atoms with E-state index in [1.807, 2.05) is 91.0 Å². The van der Waals surface area contributed by atoms with Crippen LogP contribution in [0.2, 0.25) is 54.4 Å². The molecule has 3 heterocycles. The Balaban J connectivity index is 1.39. The fraction of sp³-hybridized carbons (Fsp3) is 0.618. The fourth-order valence-corrected chi connectivity index (χ4v) is 12.4. The molecule has 18 heteroatoms. The molecule has 2 N–H and O–H groups in total. The topological polar surface area (TPSA) is 171 Å². The largest absolute Gasteiger partial charge is 0.468 e. The van der Waals surface area contributed by atoms with Gasteiger partial charge < -0.3 is 28.6 Å². The number of rotatable bonds is 21. The number of azide groups is 1. The zero-order chi connectivity index (χ0) is 53.9. The average molecular weight is 1060 g/mol. The van der Waals surface area contributed by atoms with Crippen molar-refractivity contribution in [2.75, 3.05) is 26.9 Å². The van der Waals surface area contributed by atoms with Crippen LogP contribution in [0.25, 0.3) is 10.4 Å². The molecule has 3 fully saturated rings. The van der Waals surface area contributed by atoms with Crippen molar-refractivity contribution >= 4 is 42.7 Å². The quantitative estimate of drug-likeness (QED) is 0.0344. The van der Waals surface area contributed by atoms with E-state index in [9.17, 15) is 10.3 Å². The van der Waals surface area contributed by atoms with Crippen molar-refractivity contribution in [3.05, 3.63) is 118 Å². The number of esters is 1. The Bertz CT molecular complexity index is 2390. The molecule has 0 saturated carbocycles. The monoisotopic (exact) mass is 1050 g/mol. The first-order chi connectivity index (χ1) is 34.0. The van der Waals surface area contributed by atoms with E-state index >= 15 is 9.59 Å². The van der Waals surface area contributed by atoms with Crippen molar-refractivity contribution in [3.63, 3.8) is 0 Å². The summed E-state index contributed by atoms with van der Waals surface area (Å²) < 4.78 is 26.1. The van der Waals surface area contributed by atoms with E-state index in [1.54, 1.807) is 0 Å². The summed E-state index contributed by atoms with van der Waals surface area (Å²) in [5.41, 5.74) is 13.0. The summed E-state index contributed by atoms with van der Waals surface area (Å²) in [5, 5.41) is 10.8. The van der Waals surface area contributed by atoms with Gasteiger partial charge in [-0.3, -0.25) is 29.1 Å². The Kier molecular flexibility index (Phi) is 18.3. The van der Waals surface area contributed by atoms with Crippen LogP contribution in [0.5, 0.6) is 0 Å². The number of amides is 2. The molecule has 0 spiro atoms. The van der Waals surface area contributed by atoms with E-state index < -0.39 is 73.2 Å². The van der Waals surface area contributed by atoms with Gasteiger partial charge in [-0.25, -0.2) is 0 Å². The summed E-state index contributed by atoms with van der Waals surface area (Å²) in [6, 6.07) is 24.1. The Hall–Kier alpha value is -4.21. The highest BCUT2D eigenvalue weighted by atomic mass is 28.4. The number of nitrogens with zero attached hydrogens (tertiary/aromatic N) is 6. The lowest BCUT2D eigenvalue weighted by atomic mass is 9.81. The maximum atomic E-state index is 15.6. The van der Waals surface area contributed by atoms with Crippen LogP contribution in [0.4, 0.5) is 0 Å². The molecule has 400 valence electrons. The third-order valence-corrected chi connectivity index (χ3v) is 30.7. The van der Waals surface area contributed by atoms with Crippen LogP contribution in [0.3, 0.4) is 0 Å². The van der Waals surface area contributed by atoms with Gasteiger partial charge in [0.1, 0.15) is 12.1 Å². The number of benzene rings is 3. The van der Waals surface area contributed by atoms with Gasteiger partial charge >= 0.3 is 5.97 Å². The molecule has 73 heavy (non-hydrogen) atoms. The minimum atomic E-state index is -2.35. The van der Waals surface area contributed by atoms with Gasteiger partial charge in [0.05, 0.1) is 63.2 Å². The first-order valence-corrected chi connectivity index (χ1v) is 34.8. The number of carbonyl (C=O) groups is 3. The number of likely N-dealkylation sites (tertiary alicyclic amines) is 3. The molecule has 0 radical (unpaired) electrons. The number of hydrogen-bond acceptors (Lipinski definition) is 11. The number of ether oxygens (including phenoxy) is 1. The zero-order valence-electron chi connectivity index (χ0n) is 46.6. The van der Waals surface area contributed by atoms with Crippen LogP contribution < -0.4 is 10.6 Å². The molecule has 9 atom stereocenters. The van der Waals surface area contributed by atoms with Crippen molar-refractivity contribution in [1.82, 2.24) is 25.3 Å². The van der Waals surface area contributed by atoms with E-state index in [1.165, 1.54) is 7.11 Å². The second-order valence-corrected chi connectivity index (χ2v) is 39.4. The minimum absolute atomic E-state index is 0.0625. The SMILES string of the molecule is COC(=O)C1C(NC(=O)C2C(NC(=O)C3C(N=[N+]=[N-])C(CO[Si](C)(C)C(C)(C)C)N3Cc3ccccc3)C(CO[Si](C)(C)C(C)(C)C)N2Cc2ccccc2)C(CO[Si](C)(C)C(C)(C)C)N1Cc1ccccc1. The third-order valence-electron chi connectivity index (χ3n) is 17.2. The Morgan fingerprint density at radius 1 is 0.534 bits per heavy atom. The molecule has 0 bridgehead atoms. The van der Waals surface area contributed by atoms with Gasteiger partial charge in [-0.2, -0.15) is 0 Å². The van der Waals surface area contributed by atoms with E-state index in [0.29, 0.717) is 32.8 Å². The van der Waals surface area contributed by atoms with Crippen molar-refractivity contribution < 1.29 is 32.4 Å².